The van der Waals surface area contributed by atoms with Crippen LogP contribution in [-0.2, 0) is 20.8 Å². The maximum Gasteiger partial charge on any atom is 0.326 e. The van der Waals surface area contributed by atoms with Crippen LogP contribution in [0.15, 0.2) is 24.3 Å². The minimum absolute atomic E-state index is 0.0562. The molecule has 0 aliphatic rings. The quantitative estimate of drug-likeness (QED) is 0.667. The molecule has 0 aromatic heterocycles. The van der Waals surface area contributed by atoms with Crippen LogP contribution in [-0.4, -0.2) is 35.5 Å². The third-order valence-electron chi connectivity index (χ3n) is 3.04. The number of halogens is 1. The minimum atomic E-state index is -1.11. The van der Waals surface area contributed by atoms with E-state index in [2.05, 4.69) is 10.6 Å². The highest BCUT2D eigenvalue weighted by molar-refractivity contribution is 5.88. The van der Waals surface area contributed by atoms with E-state index in [-0.39, 0.29) is 18.9 Å². The summed E-state index contributed by atoms with van der Waals surface area (Å²) in [6.45, 7) is 3.38. The van der Waals surface area contributed by atoms with Gasteiger partial charge in [0.1, 0.15) is 11.9 Å². The normalized spacial score (nSPS) is 11.8. The van der Waals surface area contributed by atoms with E-state index in [0.717, 1.165) is 0 Å². The topological polar surface area (TPSA) is 95.5 Å². The third-order valence-corrected chi connectivity index (χ3v) is 3.04. The molecule has 0 saturated heterocycles. The summed E-state index contributed by atoms with van der Waals surface area (Å²) in [6.07, 6.45) is 0.248. The van der Waals surface area contributed by atoms with E-state index in [1.54, 1.807) is 6.07 Å². The summed E-state index contributed by atoms with van der Waals surface area (Å²) in [5.74, 6) is -2.46. The van der Waals surface area contributed by atoms with Crippen LogP contribution in [0.2, 0.25) is 0 Å². The predicted octanol–water partition coefficient (Wildman–Crippen LogP) is 1.10. The third kappa shape index (κ3) is 7.39. The van der Waals surface area contributed by atoms with Crippen LogP contribution in [0.1, 0.15) is 25.8 Å². The first-order valence-electron chi connectivity index (χ1n) is 7.31. The zero-order valence-corrected chi connectivity index (χ0v) is 13.1. The Morgan fingerprint density at radius 1 is 1.22 bits per heavy atom. The second-order valence-electron chi connectivity index (χ2n) is 5.67. The van der Waals surface area contributed by atoms with Crippen LogP contribution in [0.25, 0.3) is 0 Å². The standard InChI is InChI=1S/C16H21FN2O4/c1-10(2)6-13(16(22)23)19-15(21)9-18-14(20)8-11-4-3-5-12(17)7-11/h3-5,7,10,13H,6,8-9H2,1-2H3,(H,18,20)(H,19,21)(H,22,23)/t13-/m1/s1. The van der Waals surface area contributed by atoms with Gasteiger partial charge in [-0.25, -0.2) is 9.18 Å². The largest absolute Gasteiger partial charge is 0.480 e. The molecular weight excluding hydrogens is 303 g/mol. The Morgan fingerprint density at radius 2 is 1.91 bits per heavy atom. The molecule has 0 heterocycles. The fourth-order valence-electron chi connectivity index (χ4n) is 2.01. The van der Waals surface area contributed by atoms with Crippen molar-refractivity contribution in [2.75, 3.05) is 6.54 Å². The molecule has 3 N–H and O–H groups in total. The number of hydrogen-bond donors (Lipinski definition) is 3. The zero-order chi connectivity index (χ0) is 17.4. The lowest BCUT2D eigenvalue weighted by atomic mass is 10.0. The van der Waals surface area contributed by atoms with Crippen molar-refractivity contribution in [1.29, 1.82) is 0 Å². The summed E-state index contributed by atoms with van der Waals surface area (Å²) < 4.78 is 13.0. The number of amides is 2. The Labute approximate surface area is 134 Å². The van der Waals surface area contributed by atoms with E-state index in [0.29, 0.717) is 12.0 Å². The van der Waals surface area contributed by atoms with E-state index >= 15 is 0 Å². The molecule has 0 radical (unpaired) electrons. The van der Waals surface area contributed by atoms with Crippen LogP contribution < -0.4 is 10.6 Å². The molecule has 0 unspecified atom stereocenters. The molecule has 0 fully saturated rings. The van der Waals surface area contributed by atoms with Crippen molar-refractivity contribution >= 4 is 17.8 Å². The van der Waals surface area contributed by atoms with E-state index < -0.39 is 29.6 Å². The molecule has 1 aromatic carbocycles. The number of nitrogens with one attached hydrogen (secondary N) is 2. The molecular formula is C16H21FN2O4. The van der Waals surface area contributed by atoms with Gasteiger partial charge >= 0.3 is 5.97 Å². The highest BCUT2D eigenvalue weighted by Crippen LogP contribution is 2.05. The molecule has 126 valence electrons. The Morgan fingerprint density at radius 3 is 2.48 bits per heavy atom. The molecule has 1 rings (SSSR count). The van der Waals surface area contributed by atoms with Crippen molar-refractivity contribution in [1.82, 2.24) is 10.6 Å². The monoisotopic (exact) mass is 324 g/mol. The summed E-state index contributed by atoms with van der Waals surface area (Å²) in [6, 6.07) is 4.63. The summed E-state index contributed by atoms with van der Waals surface area (Å²) in [4.78, 5) is 34.4. The van der Waals surface area contributed by atoms with Crippen LogP contribution >= 0.6 is 0 Å². The van der Waals surface area contributed by atoms with Crippen molar-refractivity contribution in [3.63, 3.8) is 0 Å². The highest BCUT2D eigenvalue weighted by Gasteiger charge is 2.21. The summed E-state index contributed by atoms with van der Waals surface area (Å²) in [5, 5.41) is 13.8. The molecule has 6 nitrogen and oxygen atoms in total. The fourth-order valence-corrected chi connectivity index (χ4v) is 2.01. The number of aliphatic carboxylic acids is 1. The van der Waals surface area contributed by atoms with Crippen LogP contribution in [0.5, 0.6) is 0 Å². The number of carboxylic acid groups (broad SMARTS) is 1. The Bertz CT molecular complexity index is 575. The second-order valence-corrected chi connectivity index (χ2v) is 5.67. The smallest absolute Gasteiger partial charge is 0.326 e. The lowest BCUT2D eigenvalue weighted by Gasteiger charge is -2.16. The fraction of sp³-hybridized carbons (Fsp3) is 0.438. The van der Waals surface area contributed by atoms with Gasteiger partial charge in [0.05, 0.1) is 13.0 Å². The van der Waals surface area contributed by atoms with Gasteiger partial charge in [0.2, 0.25) is 11.8 Å². The number of carbonyl (C=O) groups is 3. The Kier molecular flexibility index (Phi) is 7.18. The van der Waals surface area contributed by atoms with Crippen LogP contribution in [0.4, 0.5) is 4.39 Å². The molecule has 23 heavy (non-hydrogen) atoms. The number of rotatable bonds is 8. The molecule has 7 heteroatoms. The molecule has 0 aliphatic carbocycles. The second kappa shape index (κ2) is 8.87. The van der Waals surface area contributed by atoms with E-state index in [1.807, 2.05) is 13.8 Å². The molecule has 2 amide bonds. The first-order chi connectivity index (χ1) is 10.8. The first kappa shape index (κ1) is 18.6. The van der Waals surface area contributed by atoms with E-state index in [1.165, 1.54) is 18.2 Å². The Hall–Kier alpha value is -2.44. The van der Waals surface area contributed by atoms with Gasteiger partial charge in [-0.1, -0.05) is 26.0 Å². The molecule has 0 bridgehead atoms. The average molecular weight is 324 g/mol. The van der Waals surface area contributed by atoms with Gasteiger partial charge in [0.15, 0.2) is 0 Å². The lowest BCUT2D eigenvalue weighted by Crippen LogP contribution is -2.46. The van der Waals surface area contributed by atoms with Gasteiger partial charge in [-0.2, -0.15) is 0 Å². The van der Waals surface area contributed by atoms with Gasteiger partial charge in [-0.15, -0.1) is 0 Å². The number of carbonyl (C=O) groups excluding carboxylic acids is 2. The first-order valence-corrected chi connectivity index (χ1v) is 7.31. The van der Waals surface area contributed by atoms with Crippen molar-refractivity contribution in [3.05, 3.63) is 35.6 Å². The SMILES string of the molecule is CC(C)C[C@@H](NC(=O)CNC(=O)Cc1cccc(F)c1)C(=O)O. The molecule has 1 aromatic rings. The average Bonchev–Trinajstić information content (AvgIpc) is 2.44. The van der Waals surface area contributed by atoms with E-state index in [9.17, 15) is 18.8 Å². The van der Waals surface area contributed by atoms with Crippen molar-refractivity contribution in [2.45, 2.75) is 32.7 Å². The molecule has 0 saturated carbocycles. The summed E-state index contributed by atoms with van der Waals surface area (Å²) in [7, 11) is 0. The van der Waals surface area contributed by atoms with Crippen molar-refractivity contribution in [3.8, 4) is 0 Å². The van der Waals surface area contributed by atoms with Gasteiger partial charge in [0.25, 0.3) is 0 Å². The summed E-state index contributed by atoms with van der Waals surface area (Å²) in [5.41, 5.74) is 0.492. The maximum atomic E-state index is 13.0. The van der Waals surface area contributed by atoms with Crippen molar-refractivity contribution < 1.29 is 23.9 Å². The van der Waals surface area contributed by atoms with E-state index in [4.69, 9.17) is 5.11 Å². The van der Waals surface area contributed by atoms with Crippen LogP contribution in [0.3, 0.4) is 0 Å². The molecule has 0 spiro atoms. The Balaban J connectivity index is 2.42. The molecule has 1 atom stereocenters. The zero-order valence-electron chi connectivity index (χ0n) is 13.1. The number of benzene rings is 1. The number of carboxylic acids is 1. The minimum Gasteiger partial charge on any atom is -0.480 e. The predicted molar refractivity (Wildman–Crippen MR) is 82.1 cm³/mol. The van der Waals surface area contributed by atoms with Crippen molar-refractivity contribution in [2.24, 2.45) is 5.92 Å². The number of hydrogen-bond acceptors (Lipinski definition) is 3. The summed E-state index contributed by atoms with van der Waals surface area (Å²) >= 11 is 0. The maximum absolute atomic E-state index is 13.0. The lowest BCUT2D eigenvalue weighted by molar-refractivity contribution is -0.142. The highest BCUT2D eigenvalue weighted by atomic mass is 19.1. The van der Waals surface area contributed by atoms with Gasteiger partial charge < -0.3 is 15.7 Å². The van der Waals surface area contributed by atoms with Crippen LogP contribution in [0, 0.1) is 11.7 Å². The van der Waals surface area contributed by atoms with Gasteiger partial charge in [-0.3, -0.25) is 9.59 Å². The van der Waals surface area contributed by atoms with Gasteiger partial charge in [0, 0.05) is 0 Å². The van der Waals surface area contributed by atoms with Gasteiger partial charge in [-0.05, 0) is 30.0 Å². The molecule has 0 aliphatic heterocycles.